The summed E-state index contributed by atoms with van der Waals surface area (Å²) in [5.74, 6) is 0.699. The molecule has 1 aliphatic heterocycles. The number of carbonyl (C=O) groups is 1. The van der Waals surface area contributed by atoms with E-state index >= 15 is 0 Å². The van der Waals surface area contributed by atoms with Crippen LogP contribution in [0.25, 0.3) is 0 Å². The second-order valence-electron chi connectivity index (χ2n) is 4.89. The summed E-state index contributed by atoms with van der Waals surface area (Å²) in [6, 6.07) is 1.91. The molecule has 1 aromatic heterocycles. The number of pyridine rings is 1. The first-order chi connectivity index (χ1) is 9.49. The molecule has 0 spiro atoms. The Hall–Kier alpha value is -1.25. The summed E-state index contributed by atoms with van der Waals surface area (Å²) < 4.78 is 5.08. The van der Waals surface area contributed by atoms with Crippen LogP contribution < -0.4 is 11.5 Å². The van der Waals surface area contributed by atoms with Crippen molar-refractivity contribution >= 4 is 40.2 Å². The van der Waals surface area contributed by atoms with E-state index in [9.17, 15) is 4.79 Å². The number of carbonyl (C=O) groups excluding carboxylic acids is 1. The Kier molecular flexibility index (Phi) is 4.90. The largest absolute Gasteiger partial charge is 0.436 e. The van der Waals surface area contributed by atoms with Crippen LogP contribution in [0.5, 0.6) is 0 Å². The number of aromatic nitrogens is 1. The summed E-state index contributed by atoms with van der Waals surface area (Å²) in [4.78, 5) is 17.5. The molecule has 0 radical (unpaired) electrons. The van der Waals surface area contributed by atoms with Gasteiger partial charge in [0, 0.05) is 19.3 Å². The number of nitrogens with two attached hydrogens (primary N) is 2. The molecule has 110 valence electrons. The monoisotopic (exact) mass is 390 g/mol. The lowest BCUT2D eigenvalue weighted by Crippen LogP contribution is -2.39. The van der Waals surface area contributed by atoms with E-state index in [0.717, 1.165) is 18.4 Å². The third-order valence-corrected chi connectivity index (χ3v) is 3.77. The predicted octanol–water partition coefficient (Wildman–Crippen LogP) is 2.34. The van der Waals surface area contributed by atoms with Crippen molar-refractivity contribution < 1.29 is 9.53 Å². The van der Waals surface area contributed by atoms with Crippen LogP contribution in [0, 0.1) is 0 Å². The van der Waals surface area contributed by atoms with E-state index in [4.69, 9.17) is 16.2 Å². The molecule has 1 saturated heterocycles. The molecular formula is C13H19IN4O2. The summed E-state index contributed by atoms with van der Waals surface area (Å²) in [5, 5.41) is 0. The Morgan fingerprint density at radius 3 is 2.75 bits per heavy atom. The topological polar surface area (TPSA) is 94.5 Å². The lowest BCUT2D eigenvalue weighted by atomic mass is 9.89. The van der Waals surface area contributed by atoms with E-state index in [-0.39, 0.29) is 10.2 Å². The highest BCUT2D eigenvalue weighted by Crippen LogP contribution is 2.33. The Bertz CT molecular complexity index is 487. The van der Waals surface area contributed by atoms with Crippen LogP contribution in [0.2, 0.25) is 0 Å². The Labute approximate surface area is 132 Å². The number of ether oxygens (including phenoxy) is 1. The average Bonchev–Trinajstić information content (AvgIpc) is 2.41. The van der Waals surface area contributed by atoms with Gasteiger partial charge in [-0.05, 0) is 59.9 Å². The summed E-state index contributed by atoms with van der Waals surface area (Å²) in [6.07, 6.45) is 3.16. The Balaban J connectivity index is 1.97. The number of likely N-dealkylation sites (tertiary alicyclic amines) is 1. The normalized spacial score (nSPS) is 17.8. The average molecular weight is 390 g/mol. The Morgan fingerprint density at radius 2 is 2.15 bits per heavy atom. The highest BCUT2D eigenvalue weighted by Gasteiger charge is 2.26. The van der Waals surface area contributed by atoms with E-state index in [0.29, 0.717) is 30.5 Å². The first-order valence-corrected chi connectivity index (χ1v) is 7.83. The molecule has 0 saturated carbocycles. The minimum absolute atomic E-state index is 0.117. The van der Waals surface area contributed by atoms with Crippen LogP contribution in [-0.2, 0) is 4.74 Å². The third-order valence-electron chi connectivity index (χ3n) is 3.51. The molecule has 20 heavy (non-hydrogen) atoms. The summed E-state index contributed by atoms with van der Waals surface area (Å²) >= 11 is 2.07. The van der Waals surface area contributed by atoms with Gasteiger partial charge in [-0.25, -0.2) is 9.78 Å². The molecule has 7 heteroatoms. The SMILES string of the molecule is CC(I)OC(=O)N1CCC(c2ccnc(N)c2N)CC1. The molecule has 2 heterocycles. The van der Waals surface area contributed by atoms with Crippen molar-refractivity contribution in [2.45, 2.75) is 29.8 Å². The lowest BCUT2D eigenvalue weighted by Gasteiger charge is -2.32. The summed E-state index contributed by atoms with van der Waals surface area (Å²) in [5.41, 5.74) is 13.3. The number of piperidine rings is 1. The quantitative estimate of drug-likeness (QED) is 0.597. The minimum Gasteiger partial charge on any atom is -0.436 e. The zero-order valence-electron chi connectivity index (χ0n) is 11.4. The number of nitrogen functional groups attached to an aromatic ring is 2. The van der Waals surface area contributed by atoms with E-state index in [2.05, 4.69) is 27.6 Å². The van der Waals surface area contributed by atoms with Crippen molar-refractivity contribution in [3.8, 4) is 0 Å². The standard InChI is InChI=1S/C13H19IN4O2/c1-8(14)20-13(19)18-6-3-9(4-7-18)10-2-5-17-12(16)11(10)15/h2,5,8-9H,3-4,6-7,15H2,1H3,(H2,16,17). The number of rotatable bonds is 2. The number of amides is 1. The molecule has 1 aromatic rings. The fourth-order valence-corrected chi connectivity index (χ4v) is 2.67. The molecule has 6 nitrogen and oxygen atoms in total. The van der Waals surface area contributed by atoms with Gasteiger partial charge in [-0.2, -0.15) is 0 Å². The molecule has 0 bridgehead atoms. The van der Waals surface area contributed by atoms with Gasteiger partial charge in [0.05, 0.1) is 5.69 Å². The number of alkyl halides is 1. The van der Waals surface area contributed by atoms with E-state index < -0.39 is 0 Å². The van der Waals surface area contributed by atoms with Crippen molar-refractivity contribution in [3.63, 3.8) is 0 Å². The number of halogens is 1. The molecule has 1 amide bonds. The van der Waals surface area contributed by atoms with Crippen molar-refractivity contribution in [3.05, 3.63) is 17.8 Å². The minimum atomic E-state index is -0.243. The lowest BCUT2D eigenvalue weighted by molar-refractivity contribution is 0.0925. The van der Waals surface area contributed by atoms with Crippen LogP contribution >= 0.6 is 22.6 Å². The smallest absolute Gasteiger partial charge is 0.410 e. The molecule has 2 rings (SSSR count). The first-order valence-electron chi connectivity index (χ1n) is 6.58. The number of hydrogen-bond acceptors (Lipinski definition) is 5. The summed E-state index contributed by atoms with van der Waals surface area (Å²) in [6.45, 7) is 3.19. The zero-order chi connectivity index (χ0) is 14.7. The predicted molar refractivity (Wildman–Crippen MR) is 86.6 cm³/mol. The molecule has 1 unspecified atom stereocenters. The number of nitrogens with zero attached hydrogens (tertiary/aromatic N) is 2. The van der Waals surface area contributed by atoms with Crippen molar-refractivity contribution in [2.75, 3.05) is 24.6 Å². The molecular weight excluding hydrogens is 371 g/mol. The molecule has 0 aromatic carbocycles. The van der Waals surface area contributed by atoms with Gasteiger partial charge in [-0.15, -0.1) is 0 Å². The van der Waals surface area contributed by atoms with Gasteiger partial charge in [-0.3, -0.25) is 0 Å². The third kappa shape index (κ3) is 3.44. The van der Waals surface area contributed by atoms with Crippen molar-refractivity contribution in [1.82, 2.24) is 9.88 Å². The second kappa shape index (κ2) is 6.47. The number of hydrogen-bond donors (Lipinski definition) is 2. The molecule has 1 fully saturated rings. The maximum atomic E-state index is 11.8. The highest BCUT2D eigenvalue weighted by molar-refractivity contribution is 14.1. The van der Waals surface area contributed by atoms with Gasteiger partial charge < -0.3 is 21.1 Å². The maximum absolute atomic E-state index is 11.8. The van der Waals surface area contributed by atoms with Gasteiger partial charge in [0.15, 0.2) is 4.11 Å². The first kappa shape index (κ1) is 15.1. The fraction of sp³-hybridized carbons (Fsp3) is 0.538. The van der Waals surface area contributed by atoms with Crippen LogP contribution in [0.15, 0.2) is 12.3 Å². The van der Waals surface area contributed by atoms with E-state index in [1.54, 1.807) is 11.1 Å². The molecule has 1 aliphatic rings. The molecule has 0 aliphatic carbocycles. The maximum Gasteiger partial charge on any atom is 0.410 e. The number of anilines is 2. The molecule has 1 atom stereocenters. The zero-order valence-corrected chi connectivity index (χ0v) is 13.5. The van der Waals surface area contributed by atoms with Gasteiger partial charge >= 0.3 is 6.09 Å². The second-order valence-corrected chi connectivity index (χ2v) is 6.64. The fourth-order valence-electron chi connectivity index (χ4n) is 2.45. The van der Waals surface area contributed by atoms with E-state index in [1.165, 1.54) is 0 Å². The van der Waals surface area contributed by atoms with Gasteiger partial charge in [-0.1, -0.05) is 0 Å². The van der Waals surface area contributed by atoms with E-state index in [1.807, 2.05) is 13.0 Å². The summed E-state index contributed by atoms with van der Waals surface area (Å²) in [7, 11) is 0. The van der Waals surface area contributed by atoms with Crippen molar-refractivity contribution in [1.29, 1.82) is 0 Å². The highest BCUT2D eigenvalue weighted by atomic mass is 127. The van der Waals surface area contributed by atoms with Gasteiger partial charge in [0.1, 0.15) is 5.82 Å². The molecule has 4 N–H and O–H groups in total. The van der Waals surface area contributed by atoms with Crippen LogP contribution in [-0.4, -0.2) is 33.2 Å². The Morgan fingerprint density at radius 1 is 1.50 bits per heavy atom. The van der Waals surface area contributed by atoms with Gasteiger partial charge in [0.25, 0.3) is 0 Å². The van der Waals surface area contributed by atoms with Crippen molar-refractivity contribution in [2.24, 2.45) is 0 Å². The van der Waals surface area contributed by atoms with Crippen LogP contribution in [0.4, 0.5) is 16.3 Å². The van der Waals surface area contributed by atoms with Crippen LogP contribution in [0.3, 0.4) is 0 Å². The van der Waals surface area contributed by atoms with Crippen LogP contribution in [0.1, 0.15) is 31.2 Å². The van der Waals surface area contributed by atoms with Gasteiger partial charge in [0.2, 0.25) is 0 Å².